The number of rotatable bonds is 6. The Kier molecular flexibility index (Phi) is 5.26. The summed E-state index contributed by atoms with van der Waals surface area (Å²) in [4.78, 5) is 40.6. The maximum Gasteiger partial charge on any atom is 0.335 e. The van der Waals surface area contributed by atoms with E-state index in [0.717, 1.165) is 11.1 Å². The molecule has 2 N–H and O–H groups in total. The Hall–Kier alpha value is -4.00. The van der Waals surface area contributed by atoms with E-state index in [1.165, 1.54) is 23.0 Å². The number of carboxylic acids is 1. The van der Waals surface area contributed by atoms with Crippen molar-refractivity contribution in [2.75, 3.05) is 0 Å². The highest BCUT2D eigenvalue weighted by atomic mass is 16.4. The summed E-state index contributed by atoms with van der Waals surface area (Å²) < 4.78 is 1.45. The minimum atomic E-state index is -0.999. The van der Waals surface area contributed by atoms with E-state index in [0.29, 0.717) is 29.8 Å². The standard InChI is InChI=1S/C23H19N3O4/c27-21(24-12-15-4-2-1-3-5-15)18-10-19-20(11-18)25-14-26(22(19)28)13-16-6-8-17(9-7-16)23(29)30/h1-10,14H,11-13H2,(H,24,27)(H,29,30). The molecule has 0 radical (unpaired) electrons. The highest BCUT2D eigenvalue weighted by Crippen LogP contribution is 2.20. The van der Waals surface area contributed by atoms with Gasteiger partial charge in [0, 0.05) is 18.5 Å². The number of carboxylic acid groups (broad SMARTS) is 1. The molecule has 2 aromatic carbocycles. The molecule has 1 aliphatic carbocycles. The number of carbonyl (C=O) groups excluding carboxylic acids is 1. The SMILES string of the molecule is O=C(NCc1ccccc1)C1=Cc2c(ncn(Cc3ccc(C(=O)O)cc3)c2=O)C1. The second-order valence-electron chi connectivity index (χ2n) is 7.05. The van der Waals surface area contributed by atoms with Crippen LogP contribution in [0, 0.1) is 0 Å². The van der Waals surface area contributed by atoms with Crippen LogP contribution in [0.15, 0.2) is 71.3 Å². The van der Waals surface area contributed by atoms with Gasteiger partial charge in [-0.05, 0) is 29.3 Å². The van der Waals surface area contributed by atoms with Crippen LogP contribution in [-0.2, 0) is 24.3 Å². The normalized spacial score (nSPS) is 12.2. The number of nitrogens with one attached hydrogen (secondary N) is 1. The van der Waals surface area contributed by atoms with Gasteiger partial charge in [0.15, 0.2) is 0 Å². The molecule has 30 heavy (non-hydrogen) atoms. The van der Waals surface area contributed by atoms with Crippen LogP contribution in [0.5, 0.6) is 0 Å². The smallest absolute Gasteiger partial charge is 0.335 e. The summed E-state index contributed by atoms with van der Waals surface area (Å²) in [6.07, 6.45) is 3.39. The zero-order valence-corrected chi connectivity index (χ0v) is 16.0. The Morgan fingerprint density at radius 1 is 1.03 bits per heavy atom. The van der Waals surface area contributed by atoms with Crippen molar-refractivity contribution in [3.05, 3.63) is 105 Å². The quantitative estimate of drug-likeness (QED) is 0.660. The molecule has 0 aliphatic heterocycles. The maximum absolute atomic E-state index is 12.8. The van der Waals surface area contributed by atoms with Crippen molar-refractivity contribution >= 4 is 18.0 Å². The average Bonchev–Trinajstić information content (AvgIpc) is 3.20. The van der Waals surface area contributed by atoms with Gasteiger partial charge in [0.1, 0.15) is 0 Å². The molecule has 7 nitrogen and oxygen atoms in total. The van der Waals surface area contributed by atoms with Crippen LogP contribution in [0.3, 0.4) is 0 Å². The molecule has 0 unspecified atom stereocenters. The van der Waals surface area contributed by atoms with Gasteiger partial charge in [-0.3, -0.25) is 14.2 Å². The minimum absolute atomic E-state index is 0.187. The van der Waals surface area contributed by atoms with Crippen molar-refractivity contribution in [2.24, 2.45) is 0 Å². The van der Waals surface area contributed by atoms with Crippen molar-refractivity contribution in [1.82, 2.24) is 14.9 Å². The predicted octanol–water partition coefficient (Wildman–Crippen LogP) is 2.25. The first-order valence-corrected chi connectivity index (χ1v) is 9.44. The number of aromatic nitrogens is 2. The van der Waals surface area contributed by atoms with E-state index in [2.05, 4.69) is 10.3 Å². The monoisotopic (exact) mass is 401 g/mol. The van der Waals surface area contributed by atoms with Crippen molar-refractivity contribution in [3.8, 4) is 0 Å². The molecule has 0 spiro atoms. The molecule has 0 saturated carbocycles. The Labute approximate surface area is 172 Å². The molecule has 0 atom stereocenters. The van der Waals surface area contributed by atoms with Crippen LogP contribution >= 0.6 is 0 Å². The first-order chi connectivity index (χ1) is 14.5. The molecule has 4 rings (SSSR count). The highest BCUT2D eigenvalue weighted by molar-refractivity contribution is 6.00. The second-order valence-corrected chi connectivity index (χ2v) is 7.05. The predicted molar refractivity (Wildman–Crippen MR) is 111 cm³/mol. The number of amides is 1. The van der Waals surface area contributed by atoms with E-state index in [1.54, 1.807) is 18.2 Å². The van der Waals surface area contributed by atoms with Gasteiger partial charge in [0.05, 0.1) is 29.7 Å². The van der Waals surface area contributed by atoms with Gasteiger partial charge in [-0.2, -0.15) is 0 Å². The molecule has 1 heterocycles. The van der Waals surface area contributed by atoms with Crippen molar-refractivity contribution < 1.29 is 14.7 Å². The Bertz CT molecular complexity index is 1200. The van der Waals surface area contributed by atoms with Crippen LogP contribution in [0.2, 0.25) is 0 Å². The maximum atomic E-state index is 12.8. The number of hydrogen-bond donors (Lipinski definition) is 2. The van der Waals surface area contributed by atoms with Gasteiger partial charge in [-0.25, -0.2) is 9.78 Å². The van der Waals surface area contributed by atoms with Crippen LogP contribution in [0.1, 0.15) is 32.7 Å². The lowest BCUT2D eigenvalue weighted by Crippen LogP contribution is -2.24. The molecule has 1 aliphatic rings. The van der Waals surface area contributed by atoms with Gasteiger partial charge in [0.2, 0.25) is 5.91 Å². The Balaban J connectivity index is 1.49. The molecular formula is C23H19N3O4. The minimum Gasteiger partial charge on any atom is -0.478 e. The average molecular weight is 401 g/mol. The van der Waals surface area contributed by atoms with Crippen molar-refractivity contribution in [2.45, 2.75) is 19.5 Å². The lowest BCUT2D eigenvalue weighted by molar-refractivity contribution is -0.117. The molecule has 150 valence electrons. The van der Waals surface area contributed by atoms with Gasteiger partial charge in [-0.1, -0.05) is 42.5 Å². The van der Waals surface area contributed by atoms with E-state index >= 15 is 0 Å². The zero-order valence-electron chi connectivity index (χ0n) is 16.0. The third kappa shape index (κ3) is 4.05. The molecular weight excluding hydrogens is 382 g/mol. The molecule has 0 saturated heterocycles. The number of nitrogens with zero attached hydrogens (tertiary/aromatic N) is 2. The second kappa shape index (κ2) is 8.16. The lowest BCUT2D eigenvalue weighted by atomic mass is 10.1. The van der Waals surface area contributed by atoms with Crippen molar-refractivity contribution in [3.63, 3.8) is 0 Å². The molecule has 0 bridgehead atoms. The molecule has 7 heteroatoms. The first kappa shape index (κ1) is 19.3. The van der Waals surface area contributed by atoms with E-state index < -0.39 is 5.97 Å². The number of carbonyl (C=O) groups is 2. The van der Waals surface area contributed by atoms with Crippen LogP contribution in [-0.4, -0.2) is 26.5 Å². The fourth-order valence-electron chi connectivity index (χ4n) is 3.33. The van der Waals surface area contributed by atoms with Crippen molar-refractivity contribution in [1.29, 1.82) is 0 Å². The molecule has 1 amide bonds. The Morgan fingerprint density at radius 2 is 1.77 bits per heavy atom. The van der Waals surface area contributed by atoms with E-state index in [9.17, 15) is 14.4 Å². The van der Waals surface area contributed by atoms with Crippen LogP contribution in [0.4, 0.5) is 0 Å². The topological polar surface area (TPSA) is 101 Å². The number of benzene rings is 2. The highest BCUT2D eigenvalue weighted by Gasteiger charge is 2.22. The van der Waals surface area contributed by atoms with Crippen LogP contribution in [0.25, 0.3) is 6.08 Å². The number of fused-ring (bicyclic) bond motifs is 1. The van der Waals surface area contributed by atoms with E-state index in [-0.39, 0.29) is 23.6 Å². The summed E-state index contributed by atoms with van der Waals surface area (Å²) in [5.41, 5.74) is 3.25. The van der Waals surface area contributed by atoms with E-state index in [4.69, 9.17) is 5.11 Å². The fraction of sp³-hybridized carbons (Fsp3) is 0.130. The van der Waals surface area contributed by atoms with Gasteiger partial charge in [0.25, 0.3) is 5.56 Å². The summed E-state index contributed by atoms with van der Waals surface area (Å²) in [7, 11) is 0. The van der Waals surface area contributed by atoms with Gasteiger partial charge >= 0.3 is 5.97 Å². The van der Waals surface area contributed by atoms with Crippen LogP contribution < -0.4 is 10.9 Å². The summed E-state index contributed by atoms with van der Waals surface area (Å²) in [5.74, 6) is -1.21. The fourth-order valence-corrected chi connectivity index (χ4v) is 3.33. The number of aromatic carboxylic acids is 1. The molecule has 0 fully saturated rings. The van der Waals surface area contributed by atoms with Gasteiger partial charge in [-0.15, -0.1) is 0 Å². The lowest BCUT2D eigenvalue weighted by Gasteiger charge is -2.07. The largest absolute Gasteiger partial charge is 0.478 e. The molecule has 1 aromatic heterocycles. The third-order valence-corrected chi connectivity index (χ3v) is 4.97. The molecule has 3 aromatic rings. The summed E-state index contributed by atoms with van der Waals surface area (Å²) in [5, 5.41) is 11.9. The van der Waals surface area contributed by atoms with E-state index in [1.807, 2.05) is 30.3 Å². The summed E-state index contributed by atoms with van der Waals surface area (Å²) >= 11 is 0. The summed E-state index contributed by atoms with van der Waals surface area (Å²) in [6.45, 7) is 0.680. The zero-order chi connectivity index (χ0) is 21.1. The van der Waals surface area contributed by atoms with Gasteiger partial charge < -0.3 is 10.4 Å². The third-order valence-electron chi connectivity index (χ3n) is 4.97. The summed E-state index contributed by atoms with van der Waals surface area (Å²) in [6, 6.07) is 15.9. The first-order valence-electron chi connectivity index (χ1n) is 9.44. The number of hydrogen-bond acceptors (Lipinski definition) is 4. The Morgan fingerprint density at radius 3 is 2.47 bits per heavy atom.